The molecule has 3 rings (SSSR count). The number of methoxy groups -OCH3 is 1. The summed E-state index contributed by atoms with van der Waals surface area (Å²) in [5.74, 6) is -2.13. The molecule has 1 N–H and O–H groups in total. The highest BCUT2D eigenvalue weighted by molar-refractivity contribution is 5.94. The fourth-order valence-electron chi connectivity index (χ4n) is 2.65. The van der Waals surface area contributed by atoms with Crippen LogP contribution in [-0.2, 0) is 11.2 Å². The van der Waals surface area contributed by atoms with Crippen LogP contribution in [0, 0.1) is 11.6 Å². The summed E-state index contributed by atoms with van der Waals surface area (Å²) in [6.45, 7) is 0.151. The number of hydrogen-bond donors (Lipinski definition) is 1. The Labute approximate surface area is 142 Å². The number of hydrogen-bond acceptors (Lipinski definition) is 4. The van der Waals surface area contributed by atoms with Crippen molar-refractivity contribution in [1.82, 2.24) is 5.32 Å². The van der Waals surface area contributed by atoms with Gasteiger partial charge in [0.2, 0.25) is 0 Å². The first kappa shape index (κ1) is 16.9. The van der Waals surface area contributed by atoms with E-state index in [1.165, 1.54) is 7.11 Å². The van der Waals surface area contributed by atoms with Crippen LogP contribution in [0.15, 0.2) is 36.4 Å². The maximum Gasteiger partial charge on any atom is 0.337 e. The van der Waals surface area contributed by atoms with E-state index in [4.69, 9.17) is 4.74 Å². The number of halogens is 2. The van der Waals surface area contributed by atoms with Crippen molar-refractivity contribution >= 4 is 11.9 Å². The van der Waals surface area contributed by atoms with E-state index in [2.05, 4.69) is 10.1 Å². The first-order valence-corrected chi connectivity index (χ1v) is 7.59. The zero-order valence-corrected chi connectivity index (χ0v) is 13.3. The fraction of sp³-hybridized carbons (Fsp3) is 0.222. The van der Waals surface area contributed by atoms with Crippen LogP contribution in [0.1, 0.15) is 26.3 Å². The zero-order valence-electron chi connectivity index (χ0n) is 13.3. The van der Waals surface area contributed by atoms with Gasteiger partial charge in [0, 0.05) is 12.5 Å². The number of fused-ring (bicyclic) bond motifs is 1. The van der Waals surface area contributed by atoms with Gasteiger partial charge in [0.1, 0.15) is 23.5 Å². The SMILES string of the molecule is COC(=O)c1ccc2c(c1)CC(CNC(=O)c1ccc(F)cc1F)O2. The van der Waals surface area contributed by atoms with E-state index < -0.39 is 23.5 Å². The van der Waals surface area contributed by atoms with Gasteiger partial charge in [-0.1, -0.05) is 0 Å². The van der Waals surface area contributed by atoms with Gasteiger partial charge in [-0.3, -0.25) is 4.79 Å². The van der Waals surface area contributed by atoms with Crippen molar-refractivity contribution in [3.05, 3.63) is 64.7 Å². The lowest BCUT2D eigenvalue weighted by molar-refractivity contribution is 0.0600. The second-order valence-corrected chi connectivity index (χ2v) is 5.59. The maximum absolute atomic E-state index is 13.6. The van der Waals surface area contributed by atoms with Crippen molar-refractivity contribution in [2.75, 3.05) is 13.7 Å². The number of nitrogens with one attached hydrogen (secondary N) is 1. The van der Waals surface area contributed by atoms with Crippen LogP contribution in [-0.4, -0.2) is 31.6 Å². The Hall–Kier alpha value is -2.96. The standard InChI is InChI=1S/C18H15F2NO4/c1-24-18(23)10-2-5-16-11(6-10)7-13(25-16)9-21-17(22)14-4-3-12(19)8-15(14)20/h2-6,8,13H,7,9H2,1H3,(H,21,22). The van der Waals surface area contributed by atoms with Crippen LogP contribution in [0.25, 0.3) is 0 Å². The number of amides is 1. The maximum atomic E-state index is 13.6. The third-order valence-corrected chi connectivity index (χ3v) is 3.89. The summed E-state index contributed by atoms with van der Waals surface area (Å²) in [4.78, 5) is 23.5. The third kappa shape index (κ3) is 3.60. The number of esters is 1. The molecule has 0 saturated carbocycles. The normalized spacial score (nSPS) is 15.2. The summed E-state index contributed by atoms with van der Waals surface area (Å²) in [6.07, 6.45) is 0.155. The average molecular weight is 347 g/mol. The number of ether oxygens (including phenoxy) is 2. The number of benzene rings is 2. The van der Waals surface area contributed by atoms with Crippen molar-refractivity contribution in [3.63, 3.8) is 0 Å². The lowest BCUT2D eigenvalue weighted by Gasteiger charge is -2.12. The highest BCUT2D eigenvalue weighted by atomic mass is 19.1. The number of carbonyl (C=O) groups is 2. The molecule has 1 aliphatic rings. The van der Waals surface area contributed by atoms with Crippen molar-refractivity contribution in [2.45, 2.75) is 12.5 Å². The van der Waals surface area contributed by atoms with Crippen LogP contribution in [0.5, 0.6) is 5.75 Å². The molecule has 0 aromatic heterocycles. The molecule has 2 aromatic carbocycles. The Morgan fingerprint density at radius 1 is 1.24 bits per heavy atom. The van der Waals surface area contributed by atoms with Crippen molar-refractivity contribution < 1.29 is 27.8 Å². The zero-order chi connectivity index (χ0) is 18.0. The Bertz CT molecular complexity index is 838. The monoisotopic (exact) mass is 347 g/mol. The van der Waals surface area contributed by atoms with Gasteiger partial charge < -0.3 is 14.8 Å². The van der Waals surface area contributed by atoms with E-state index >= 15 is 0 Å². The molecule has 1 aliphatic heterocycles. The quantitative estimate of drug-likeness (QED) is 0.863. The molecule has 0 fully saturated rings. The van der Waals surface area contributed by atoms with Crippen molar-refractivity contribution in [3.8, 4) is 5.75 Å². The number of rotatable bonds is 4. The molecule has 0 saturated heterocycles. The molecule has 2 aromatic rings. The molecule has 130 valence electrons. The molecular weight excluding hydrogens is 332 g/mol. The van der Waals surface area contributed by atoms with Crippen LogP contribution in [0.3, 0.4) is 0 Å². The summed E-state index contributed by atoms with van der Waals surface area (Å²) in [5.41, 5.74) is 1.02. The summed E-state index contributed by atoms with van der Waals surface area (Å²) < 4.78 is 36.8. The summed E-state index contributed by atoms with van der Waals surface area (Å²) in [5, 5.41) is 2.57. The van der Waals surface area contributed by atoms with E-state index in [1.807, 2.05) is 0 Å². The fourth-order valence-corrected chi connectivity index (χ4v) is 2.65. The first-order valence-electron chi connectivity index (χ1n) is 7.59. The molecule has 5 nitrogen and oxygen atoms in total. The highest BCUT2D eigenvalue weighted by Gasteiger charge is 2.25. The van der Waals surface area contributed by atoms with Crippen LogP contribution >= 0.6 is 0 Å². The number of carbonyl (C=O) groups excluding carboxylic acids is 2. The molecule has 0 bridgehead atoms. The van der Waals surface area contributed by atoms with E-state index in [0.717, 1.165) is 17.7 Å². The lowest BCUT2D eigenvalue weighted by Crippen LogP contribution is -2.34. The van der Waals surface area contributed by atoms with Gasteiger partial charge in [-0.2, -0.15) is 0 Å². The minimum atomic E-state index is -0.921. The predicted molar refractivity (Wildman–Crippen MR) is 84.6 cm³/mol. The van der Waals surface area contributed by atoms with E-state index in [1.54, 1.807) is 18.2 Å². The summed E-state index contributed by atoms with van der Waals surface area (Å²) in [7, 11) is 1.30. The highest BCUT2D eigenvalue weighted by Crippen LogP contribution is 2.29. The van der Waals surface area contributed by atoms with Crippen LogP contribution in [0.4, 0.5) is 8.78 Å². The minimum absolute atomic E-state index is 0.151. The van der Waals surface area contributed by atoms with Crippen LogP contribution in [0.2, 0.25) is 0 Å². The van der Waals surface area contributed by atoms with Gasteiger partial charge in [-0.25, -0.2) is 13.6 Å². The third-order valence-electron chi connectivity index (χ3n) is 3.89. The average Bonchev–Trinajstić information content (AvgIpc) is 3.01. The lowest BCUT2D eigenvalue weighted by atomic mass is 10.1. The smallest absolute Gasteiger partial charge is 0.337 e. The molecule has 7 heteroatoms. The van der Waals surface area contributed by atoms with Gasteiger partial charge in [-0.05, 0) is 35.9 Å². The van der Waals surface area contributed by atoms with Gasteiger partial charge in [0.15, 0.2) is 0 Å². The Balaban J connectivity index is 1.61. The van der Waals surface area contributed by atoms with E-state index in [-0.39, 0.29) is 18.2 Å². The molecule has 0 spiro atoms. The Kier molecular flexibility index (Phi) is 4.65. The van der Waals surface area contributed by atoms with Gasteiger partial charge in [-0.15, -0.1) is 0 Å². The van der Waals surface area contributed by atoms with E-state index in [9.17, 15) is 18.4 Å². The van der Waals surface area contributed by atoms with Gasteiger partial charge in [0.25, 0.3) is 5.91 Å². The summed E-state index contributed by atoms with van der Waals surface area (Å²) >= 11 is 0. The molecule has 0 radical (unpaired) electrons. The minimum Gasteiger partial charge on any atom is -0.488 e. The molecule has 1 atom stereocenters. The molecule has 1 unspecified atom stereocenters. The molecule has 0 aliphatic carbocycles. The van der Waals surface area contributed by atoms with Crippen LogP contribution < -0.4 is 10.1 Å². The first-order chi connectivity index (χ1) is 12.0. The van der Waals surface area contributed by atoms with Gasteiger partial charge >= 0.3 is 5.97 Å². The molecular formula is C18H15F2NO4. The van der Waals surface area contributed by atoms with Crippen molar-refractivity contribution in [1.29, 1.82) is 0 Å². The predicted octanol–water partition coefficient (Wildman–Crippen LogP) is 2.48. The van der Waals surface area contributed by atoms with E-state index in [0.29, 0.717) is 23.8 Å². The Morgan fingerprint density at radius 2 is 2.04 bits per heavy atom. The second-order valence-electron chi connectivity index (χ2n) is 5.59. The topological polar surface area (TPSA) is 64.6 Å². The molecule has 1 amide bonds. The van der Waals surface area contributed by atoms with Gasteiger partial charge in [0.05, 0.1) is 24.8 Å². The molecule has 1 heterocycles. The summed E-state index contributed by atoms with van der Waals surface area (Å²) in [6, 6.07) is 7.72. The molecule has 25 heavy (non-hydrogen) atoms. The second kappa shape index (κ2) is 6.88. The largest absolute Gasteiger partial charge is 0.488 e. The Morgan fingerprint density at radius 3 is 2.76 bits per heavy atom. The van der Waals surface area contributed by atoms with Crippen molar-refractivity contribution in [2.24, 2.45) is 0 Å².